The van der Waals surface area contributed by atoms with E-state index in [-0.39, 0.29) is 5.69 Å². The zero-order valence-electron chi connectivity index (χ0n) is 17.1. The van der Waals surface area contributed by atoms with Crippen LogP contribution in [0.3, 0.4) is 0 Å². The average molecular weight is 413 g/mol. The fourth-order valence-corrected chi connectivity index (χ4v) is 3.33. The van der Waals surface area contributed by atoms with Crippen molar-refractivity contribution < 1.29 is 9.21 Å². The van der Waals surface area contributed by atoms with Gasteiger partial charge in [0.2, 0.25) is 0 Å². The molecule has 3 aromatic carbocycles. The molecule has 0 radical (unpaired) electrons. The molecular weight excluding hydrogens is 390 g/mol. The first-order valence-corrected chi connectivity index (χ1v) is 10.1. The van der Waals surface area contributed by atoms with Gasteiger partial charge in [-0.25, -0.2) is 9.59 Å². The van der Waals surface area contributed by atoms with Crippen LogP contribution in [0.5, 0.6) is 0 Å². The zero-order chi connectivity index (χ0) is 21.6. The first kappa shape index (κ1) is 20.2. The second-order valence-corrected chi connectivity index (χ2v) is 7.10. The van der Waals surface area contributed by atoms with Crippen LogP contribution in [0.1, 0.15) is 18.1 Å². The Morgan fingerprint density at radius 1 is 0.806 bits per heavy atom. The Bertz CT molecular complexity index is 1250. The van der Waals surface area contributed by atoms with Crippen LogP contribution in [-0.2, 0) is 13.0 Å². The molecule has 156 valence electrons. The summed E-state index contributed by atoms with van der Waals surface area (Å²) in [7, 11) is 0. The summed E-state index contributed by atoms with van der Waals surface area (Å²) in [5, 5.41) is 9.43. The average Bonchev–Trinajstić information content (AvgIpc) is 2.80. The van der Waals surface area contributed by atoms with E-state index in [4.69, 9.17) is 4.42 Å². The van der Waals surface area contributed by atoms with Crippen LogP contribution in [-0.4, -0.2) is 6.03 Å². The molecule has 0 aliphatic rings. The van der Waals surface area contributed by atoms with Gasteiger partial charge in [0, 0.05) is 17.6 Å². The minimum absolute atomic E-state index is 0.0670. The topological polar surface area (TPSA) is 83.4 Å². The molecule has 2 amide bonds. The standard InChI is InChI=1S/C25H23N3O3/c1-2-17-12-14-19(15-13-17)27-25(30)28-23-22(26-16-18-8-4-3-5-9-18)20-10-6-7-11-21(20)31-24(23)29/h3-15,26H,2,16H2,1H3,(H2,27,28,30). The lowest BCUT2D eigenvalue weighted by atomic mass is 10.1. The molecule has 0 fully saturated rings. The zero-order valence-corrected chi connectivity index (χ0v) is 17.1. The van der Waals surface area contributed by atoms with Gasteiger partial charge in [-0.2, -0.15) is 0 Å². The van der Waals surface area contributed by atoms with Crippen molar-refractivity contribution in [2.24, 2.45) is 0 Å². The van der Waals surface area contributed by atoms with Crippen molar-refractivity contribution in [2.75, 3.05) is 16.0 Å². The second-order valence-electron chi connectivity index (χ2n) is 7.10. The van der Waals surface area contributed by atoms with Crippen molar-refractivity contribution in [3.63, 3.8) is 0 Å². The number of anilines is 3. The van der Waals surface area contributed by atoms with E-state index in [2.05, 4.69) is 22.9 Å². The van der Waals surface area contributed by atoms with Crippen molar-refractivity contribution in [2.45, 2.75) is 19.9 Å². The van der Waals surface area contributed by atoms with Crippen LogP contribution in [0.15, 0.2) is 88.1 Å². The van der Waals surface area contributed by atoms with Gasteiger partial charge >= 0.3 is 11.7 Å². The summed E-state index contributed by atoms with van der Waals surface area (Å²) >= 11 is 0. The minimum Gasteiger partial charge on any atom is -0.421 e. The van der Waals surface area contributed by atoms with Gasteiger partial charge in [-0.15, -0.1) is 0 Å². The molecule has 6 heteroatoms. The number of hydrogen-bond donors (Lipinski definition) is 3. The number of para-hydroxylation sites is 1. The highest BCUT2D eigenvalue weighted by Crippen LogP contribution is 2.29. The quantitative estimate of drug-likeness (QED) is 0.359. The summed E-state index contributed by atoms with van der Waals surface area (Å²) in [5.74, 6) is 0. The van der Waals surface area contributed by atoms with Gasteiger partial charge in [0.25, 0.3) is 0 Å². The van der Waals surface area contributed by atoms with Gasteiger partial charge in [-0.1, -0.05) is 61.5 Å². The van der Waals surface area contributed by atoms with E-state index in [0.29, 0.717) is 28.9 Å². The first-order chi connectivity index (χ1) is 15.1. The van der Waals surface area contributed by atoms with Crippen LogP contribution in [0.2, 0.25) is 0 Å². The number of fused-ring (bicyclic) bond motifs is 1. The molecule has 1 aromatic heterocycles. The molecule has 3 N–H and O–H groups in total. The molecule has 4 aromatic rings. The maximum absolute atomic E-state index is 12.7. The predicted octanol–water partition coefficient (Wildman–Crippen LogP) is 5.61. The number of benzene rings is 3. The fraction of sp³-hybridized carbons (Fsp3) is 0.120. The predicted molar refractivity (Wildman–Crippen MR) is 125 cm³/mol. The Balaban J connectivity index is 1.62. The van der Waals surface area contributed by atoms with Crippen molar-refractivity contribution in [3.05, 3.63) is 100 Å². The lowest BCUT2D eigenvalue weighted by Crippen LogP contribution is -2.24. The minimum atomic E-state index is -0.620. The third-order valence-electron chi connectivity index (χ3n) is 4.98. The molecule has 0 bridgehead atoms. The molecule has 0 unspecified atom stereocenters. The number of rotatable bonds is 6. The van der Waals surface area contributed by atoms with Gasteiger partial charge in [0.1, 0.15) is 5.58 Å². The van der Waals surface area contributed by atoms with Crippen LogP contribution in [0.25, 0.3) is 11.0 Å². The van der Waals surface area contributed by atoms with Gasteiger partial charge in [-0.05, 0) is 41.8 Å². The fourth-order valence-electron chi connectivity index (χ4n) is 3.33. The molecule has 0 saturated heterocycles. The Morgan fingerprint density at radius 2 is 1.52 bits per heavy atom. The molecule has 0 saturated carbocycles. The number of nitrogens with one attached hydrogen (secondary N) is 3. The van der Waals surface area contributed by atoms with E-state index in [9.17, 15) is 9.59 Å². The summed E-state index contributed by atoms with van der Waals surface area (Å²) in [5.41, 5.74) is 3.28. The summed E-state index contributed by atoms with van der Waals surface area (Å²) < 4.78 is 5.43. The van der Waals surface area contributed by atoms with E-state index >= 15 is 0 Å². The van der Waals surface area contributed by atoms with Crippen LogP contribution < -0.4 is 21.6 Å². The summed E-state index contributed by atoms with van der Waals surface area (Å²) in [4.78, 5) is 25.3. The Morgan fingerprint density at radius 3 is 2.26 bits per heavy atom. The Hall–Kier alpha value is -4.06. The van der Waals surface area contributed by atoms with E-state index < -0.39 is 11.7 Å². The van der Waals surface area contributed by atoms with Crippen molar-refractivity contribution in [1.82, 2.24) is 0 Å². The van der Waals surface area contributed by atoms with Crippen LogP contribution in [0.4, 0.5) is 21.9 Å². The van der Waals surface area contributed by atoms with Gasteiger partial charge in [-0.3, -0.25) is 5.32 Å². The van der Waals surface area contributed by atoms with Crippen LogP contribution >= 0.6 is 0 Å². The summed E-state index contributed by atoms with van der Waals surface area (Å²) in [6.07, 6.45) is 0.918. The highest BCUT2D eigenvalue weighted by Gasteiger charge is 2.17. The highest BCUT2D eigenvalue weighted by molar-refractivity contribution is 6.05. The maximum atomic E-state index is 12.7. The SMILES string of the molecule is CCc1ccc(NC(=O)Nc2c(NCc3ccccc3)c3ccccc3oc2=O)cc1. The summed E-state index contributed by atoms with van der Waals surface area (Å²) in [6.45, 7) is 2.56. The van der Waals surface area contributed by atoms with Crippen molar-refractivity contribution in [3.8, 4) is 0 Å². The van der Waals surface area contributed by atoms with Crippen molar-refractivity contribution >= 4 is 34.1 Å². The maximum Gasteiger partial charge on any atom is 0.362 e. The lowest BCUT2D eigenvalue weighted by molar-refractivity contribution is 0.262. The van der Waals surface area contributed by atoms with E-state index in [1.807, 2.05) is 66.7 Å². The van der Waals surface area contributed by atoms with Crippen LogP contribution in [0, 0.1) is 0 Å². The van der Waals surface area contributed by atoms with E-state index in [1.165, 1.54) is 5.56 Å². The van der Waals surface area contributed by atoms with E-state index in [0.717, 1.165) is 12.0 Å². The normalized spacial score (nSPS) is 10.6. The molecule has 0 atom stereocenters. The van der Waals surface area contributed by atoms with Gasteiger partial charge in [0.15, 0.2) is 5.69 Å². The Kier molecular flexibility index (Phi) is 5.98. The number of carbonyl (C=O) groups is 1. The smallest absolute Gasteiger partial charge is 0.362 e. The largest absolute Gasteiger partial charge is 0.421 e. The monoisotopic (exact) mass is 413 g/mol. The molecule has 6 nitrogen and oxygen atoms in total. The Labute approximate surface area is 179 Å². The van der Waals surface area contributed by atoms with Crippen molar-refractivity contribution in [1.29, 1.82) is 0 Å². The number of urea groups is 1. The first-order valence-electron chi connectivity index (χ1n) is 10.1. The van der Waals surface area contributed by atoms with E-state index in [1.54, 1.807) is 12.1 Å². The van der Waals surface area contributed by atoms with Gasteiger partial charge < -0.3 is 15.1 Å². The third-order valence-corrected chi connectivity index (χ3v) is 4.98. The number of aryl methyl sites for hydroxylation is 1. The molecule has 31 heavy (non-hydrogen) atoms. The second kappa shape index (κ2) is 9.17. The number of amides is 2. The molecule has 0 aliphatic carbocycles. The molecular formula is C25H23N3O3. The molecule has 0 aliphatic heterocycles. The van der Waals surface area contributed by atoms with Gasteiger partial charge in [0.05, 0.1) is 5.69 Å². The molecule has 4 rings (SSSR count). The number of hydrogen-bond acceptors (Lipinski definition) is 4. The number of carbonyl (C=O) groups excluding carboxylic acids is 1. The third kappa shape index (κ3) is 4.75. The summed E-state index contributed by atoms with van der Waals surface area (Å²) in [6, 6.07) is 24.1. The molecule has 1 heterocycles. The molecule has 0 spiro atoms. The highest BCUT2D eigenvalue weighted by atomic mass is 16.4. The lowest BCUT2D eigenvalue weighted by Gasteiger charge is -2.15.